The summed E-state index contributed by atoms with van der Waals surface area (Å²) in [4.78, 5) is 30.6. The predicted octanol–water partition coefficient (Wildman–Crippen LogP) is 4.13. The lowest BCUT2D eigenvalue weighted by Crippen LogP contribution is -2.23. The van der Waals surface area contributed by atoms with Crippen LogP contribution in [0.2, 0.25) is 0 Å². The van der Waals surface area contributed by atoms with Crippen molar-refractivity contribution in [2.24, 2.45) is 4.99 Å². The fraction of sp³-hybridized carbons (Fsp3) is 0.286. The number of nitrogens with zero attached hydrogens (tertiary/aromatic N) is 2. The molecular formula is C21H22N2O4S2. The number of thioether (sulfide) groups is 1. The van der Waals surface area contributed by atoms with E-state index in [0.29, 0.717) is 23.6 Å². The Balaban J connectivity index is 2.09. The first kappa shape index (κ1) is 21.1. The molecule has 0 N–H and O–H groups in total. The summed E-state index contributed by atoms with van der Waals surface area (Å²) in [6.07, 6.45) is 1.95. The van der Waals surface area contributed by atoms with Crippen molar-refractivity contribution in [3.05, 3.63) is 52.8 Å². The van der Waals surface area contributed by atoms with Crippen LogP contribution in [0.1, 0.15) is 24.2 Å². The molecule has 0 saturated heterocycles. The zero-order valence-corrected chi connectivity index (χ0v) is 18.1. The highest BCUT2D eigenvalue weighted by atomic mass is 32.2. The lowest BCUT2D eigenvalue weighted by atomic mass is 10.2. The number of rotatable bonds is 7. The zero-order valence-electron chi connectivity index (χ0n) is 16.5. The van der Waals surface area contributed by atoms with E-state index in [1.165, 1.54) is 11.3 Å². The third kappa shape index (κ3) is 5.07. The molecule has 0 aliphatic carbocycles. The minimum atomic E-state index is -0.376. The number of carbonyl (C=O) groups is 2. The molecule has 3 aromatic rings. The molecule has 2 aromatic carbocycles. The fourth-order valence-electron chi connectivity index (χ4n) is 2.79. The lowest BCUT2D eigenvalue weighted by molar-refractivity contribution is -0.143. The second-order valence-corrected chi connectivity index (χ2v) is 7.88. The standard InChI is InChI=1S/C21H22N2O4S2/c1-4-26-15-9-10-17-18(12-15)29-21(23(17)13-19(24)27-5-2)22-20(25)14-7-6-8-16(11-14)28-3/h6-12H,4-5,13H2,1-3H3. The van der Waals surface area contributed by atoms with Gasteiger partial charge in [-0.3, -0.25) is 9.59 Å². The van der Waals surface area contributed by atoms with Gasteiger partial charge in [-0.2, -0.15) is 4.99 Å². The molecule has 0 aliphatic heterocycles. The number of fused-ring (bicyclic) bond motifs is 1. The molecule has 152 valence electrons. The molecule has 0 aliphatic rings. The SMILES string of the molecule is CCOC(=O)Cn1c(=NC(=O)c2cccc(SC)c2)sc2cc(OCC)ccc21. The highest BCUT2D eigenvalue weighted by Crippen LogP contribution is 2.24. The van der Waals surface area contributed by atoms with Crippen LogP contribution in [-0.2, 0) is 16.1 Å². The minimum absolute atomic E-state index is 0.0151. The summed E-state index contributed by atoms with van der Waals surface area (Å²) >= 11 is 2.90. The Labute approximate surface area is 177 Å². The number of esters is 1. The normalized spacial score (nSPS) is 11.6. The van der Waals surface area contributed by atoms with Crippen molar-refractivity contribution in [2.45, 2.75) is 25.3 Å². The third-order valence-corrected chi connectivity index (χ3v) is 5.84. The molecule has 6 nitrogen and oxygen atoms in total. The van der Waals surface area contributed by atoms with E-state index < -0.39 is 0 Å². The second-order valence-electron chi connectivity index (χ2n) is 5.99. The summed E-state index contributed by atoms with van der Waals surface area (Å²) in [5.74, 6) is 0.00421. The van der Waals surface area contributed by atoms with Crippen molar-refractivity contribution in [2.75, 3.05) is 19.5 Å². The maximum atomic E-state index is 12.8. The summed E-state index contributed by atoms with van der Waals surface area (Å²) in [6.45, 7) is 4.51. The van der Waals surface area contributed by atoms with Crippen LogP contribution in [0.25, 0.3) is 10.2 Å². The maximum Gasteiger partial charge on any atom is 0.326 e. The first-order valence-electron chi connectivity index (χ1n) is 9.20. The van der Waals surface area contributed by atoms with Crippen molar-refractivity contribution in [1.82, 2.24) is 4.57 Å². The fourth-order valence-corrected chi connectivity index (χ4v) is 4.31. The van der Waals surface area contributed by atoms with Crippen LogP contribution in [0.4, 0.5) is 0 Å². The van der Waals surface area contributed by atoms with E-state index in [4.69, 9.17) is 9.47 Å². The number of hydrogen-bond acceptors (Lipinski definition) is 6. The van der Waals surface area contributed by atoms with Gasteiger partial charge in [0.2, 0.25) is 0 Å². The van der Waals surface area contributed by atoms with E-state index in [1.807, 2.05) is 49.6 Å². The predicted molar refractivity (Wildman–Crippen MR) is 116 cm³/mol. The molecule has 0 radical (unpaired) electrons. The highest BCUT2D eigenvalue weighted by molar-refractivity contribution is 7.98. The van der Waals surface area contributed by atoms with Crippen LogP contribution in [-0.4, -0.2) is 35.9 Å². The van der Waals surface area contributed by atoms with Crippen LogP contribution >= 0.6 is 23.1 Å². The van der Waals surface area contributed by atoms with E-state index in [1.54, 1.807) is 29.3 Å². The number of aromatic nitrogens is 1. The molecule has 1 heterocycles. The maximum absolute atomic E-state index is 12.8. The van der Waals surface area contributed by atoms with Crippen LogP contribution < -0.4 is 9.54 Å². The van der Waals surface area contributed by atoms with Crippen molar-refractivity contribution in [3.8, 4) is 5.75 Å². The summed E-state index contributed by atoms with van der Waals surface area (Å²) in [5.41, 5.74) is 1.31. The molecule has 3 rings (SSSR count). The topological polar surface area (TPSA) is 69.9 Å². The largest absolute Gasteiger partial charge is 0.494 e. The van der Waals surface area contributed by atoms with Crippen LogP contribution in [0.3, 0.4) is 0 Å². The van der Waals surface area contributed by atoms with Crippen molar-refractivity contribution in [1.29, 1.82) is 0 Å². The minimum Gasteiger partial charge on any atom is -0.494 e. The first-order chi connectivity index (χ1) is 14.0. The number of carbonyl (C=O) groups excluding carboxylic acids is 2. The number of amides is 1. The van der Waals surface area contributed by atoms with Gasteiger partial charge < -0.3 is 14.0 Å². The van der Waals surface area contributed by atoms with Gasteiger partial charge in [0.1, 0.15) is 12.3 Å². The number of hydrogen-bond donors (Lipinski definition) is 0. The van der Waals surface area contributed by atoms with Crippen molar-refractivity contribution < 1.29 is 19.1 Å². The molecule has 29 heavy (non-hydrogen) atoms. The van der Waals surface area contributed by atoms with E-state index in [0.717, 1.165) is 20.9 Å². The third-order valence-electron chi connectivity index (χ3n) is 4.07. The van der Waals surface area contributed by atoms with Gasteiger partial charge in [0, 0.05) is 10.5 Å². The van der Waals surface area contributed by atoms with E-state index in [-0.39, 0.29) is 18.4 Å². The zero-order chi connectivity index (χ0) is 20.8. The van der Waals surface area contributed by atoms with Crippen LogP contribution in [0.5, 0.6) is 5.75 Å². The molecule has 1 aromatic heterocycles. The number of benzene rings is 2. The molecule has 1 amide bonds. The molecular weight excluding hydrogens is 408 g/mol. The van der Waals surface area contributed by atoms with Gasteiger partial charge >= 0.3 is 5.97 Å². The Morgan fingerprint density at radius 1 is 1.14 bits per heavy atom. The lowest BCUT2D eigenvalue weighted by Gasteiger charge is -2.06. The highest BCUT2D eigenvalue weighted by Gasteiger charge is 2.14. The number of thiazole rings is 1. The summed E-state index contributed by atoms with van der Waals surface area (Å²) in [7, 11) is 0. The molecule has 0 saturated carbocycles. The van der Waals surface area contributed by atoms with Gasteiger partial charge in [-0.15, -0.1) is 11.8 Å². The van der Waals surface area contributed by atoms with Crippen LogP contribution in [0, 0.1) is 0 Å². The Bertz CT molecular complexity index is 1100. The van der Waals surface area contributed by atoms with Gasteiger partial charge in [0.05, 0.1) is 23.4 Å². The van der Waals surface area contributed by atoms with Gasteiger partial charge in [0.15, 0.2) is 4.80 Å². The van der Waals surface area contributed by atoms with Gasteiger partial charge in [-0.05, 0) is 56.5 Å². The van der Waals surface area contributed by atoms with E-state index >= 15 is 0 Å². The van der Waals surface area contributed by atoms with Crippen LogP contribution in [0.15, 0.2) is 52.4 Å². The van der Waals surface area contributed by atoms with Crippen molar-refractivity contribution >= 4 is 45.2 Å². The molecule has 0 bridgehead atoms. The van der Waals surface area contributed by atoms with Gasteiger partial charge in [-0.25, -0.2) is 0 Å². The summed E-state index contributed by atoms with van der Waals surface area (Å²) < 4.78 is 13.2. The molecule has 8 heteroatoms. The number of ether oxygens (including phenoxy) is 2. The Morgan fingerprint density at radius 2 is 1.97 bits per heavy atom. The Hall–Kier alpha value is -2.58. The monoisotopic (exact) mass is 430 g/mol. The summed E-state index contributed by atoms with van der Waals surface area (Å²) in [6, 6.07) is 12.9. The average Bonchev–Trinajstić information content (AvgIpc) is 3.04. The Kier molecular flexibility index (Phi) is 7.11. The molecule has 0 atom stereocenters. The first-order valence-corrected chi connectivity index (χ1v) is 11.2. The van der Waals surface area contributed by atoms with Gasteiger partial charge in [-0.1, -0.05) is 17.4 Å². The Morgan fingerprint density at radius 3 is 2.69 bits per heavy atom. The second kappa shape index (κ2) is 9.76. The molecule has 0 fully saturated rings. The summed E-state index contributed by atoms with van der Waals surface area (Å²) in [5, 5.41) is 0. The molecule has 0 unspecified atom stereocenters. The smallest absolute Gasteiger partial charge is 0.326 e. The van der Waals surface area contributed by atoms with Gasteiger partial charge in [0.25, 0.3) is 5.91 Å². The average molecular weight is 431 g/mol. The quantitative estimate of drug-likeness (QED) is 0.416. The van der Waals surface area contributed by atoms with E-state index in [9.17, 15) is 9.59 Å². The molecule has 0 spiro atoms. The van der Waals surface area contributed by atoms with Crippen molar-refractivity contribution in [3.63, 3.8) is 0 Å². The van der Waals surface area contributed by atoms with E-state index in [2.05, 4.69) is 4.99 Å².